The van der Waals surface area contributed by atoms with Gasteiger partial charge >= 0.3 is 0 Å². The monoisotopic (exact) mass is 389 g/mol. The number of benzene rings is 2. The molecule has 29 heavy (non-hydrogen) atoms. The number of fused-ring (bicyclic) bond motifs is 1. The minimum Gasteiger partial charge on any atom is -0.482 e. The molecule has 1 aliphatic heterocycles. The average Bonchev–Trinajstić information content (AvgIpc) is 2.74. The molecule has 2 aromatic carbocycles. The van der Waals surface area contributed by atoms with Gasteiger partial charge in [0.1, 0.15) is 11.5 Å². The molecule has 7 heteroatoms. The number of aromatic nitrogens is 1. The predicted molar refractivity (Wildman–Crippen MR) is 107 cm³/mol. The van der Waals surface area contributed by atoms with Crippen molar-refractivity contribution in [1.82, 2.24) is 10.3 Å². The summed E-state index contributed by atoms with van der Waals surface area (Å²) in [6, 6.07) is 16.2. The van der Waals surface area contributed by atoms with Crippen LogP contribution >= 0.6 is 0 Å². The summed E-state index contributed by atoms with van der Waals surface area (Å²) in [6.07, 6.45) is 1.65. The van der Waals surface area contributed by atoms with E-state index in [1.165, 1.54) is 0 Å². The van der Waals surface area contributed by atoms with Gasteiger partial charge < -0.3 is 20.1 Å². The first-order valence-corrected chi connectivity index (χ1v) is 9.12. The number of hydrogen-bond donors (Lipinski definition) is 2. The fourth-order valence-electron chi connectivity index (χ4n) is 2.92. The lowest BCUT2D eigenvalue weighted by atomic mass is 10.1. The molecule has 0 unspecified atom stereocenters. The van der Waals surface area contributed by atoms with Crippen LogP contribution < -0.4 is 20.1 Å². The number of anilines is 1. The van der Waals surface area contributed by atoms with Crippen LogP contribution in [0.5, 0.6) is 17.4 Å². The van der Waals surface area contributed by atoms with E-state index in [9.17, 15) is 9.59 Å². The van der Waals surface area contributed by atoms with E-state index in [1.807, 2.05) is 37.3 Å². The molecule has 146 valence electrons. The third-order valence-corrected chi connectivity index (χ3v) is 4.47. The molecule has 0 fully saturated rings. The summed E-state index contributed by atoms with van der Waals surface area (Å²) in [5.74, 6) is 1.15. The number of carbonyl (C=O) groups excluding carboxylic acids is 2. The highest BCUT2D eigenvalue weighted by molar-refractivity contribution is 5.98. The van der Waals surface area contributed by atoms with Gasteiger partial charge in [-0.15, -0.1) is 0 Å². The van der Waals surface area contributed by atoms with Crippen molar-refractivity contribution in [2.75, 3.05) is 11.9 Å². The van der Waals surface area contributed by atoms with E-state index in [2.05, 4.69) is 15.6 Å². The Morgan fingerprint density at radius 2 is 2.07 bits per heavy atom. The van der Waals surface area contributed by atoms with E-state index in [0.29, 0.717) is 28.6 Å². The molecule has 2 amide bonds. The zero-order chi connectivity index (χ0) is 20.2. The Balaban J connectivity index is 1.46. The van der Waals surface area contributed by atoms with Gasteiger partial charge in [0.25, 0.3) is 11.8 Å². The van der Waals surface area contributed by atoms with Gasteiger partial charge in [-0.3, -0.25) is 9.59 Å². The van der Waals surface area contributed by atoms with Crippen LogP contribution in [-0.4, -0.2) is 23.4 Å². The van der Waals surface area contributed by atoms with Crippen molar-refractivity contribution < 1.29 is 19.1 Å². The molecular formula is C22H19N3O4. The van der Waals surface area contributed by atoms with Crippen LogP contribution in [0.25, 0.3) is 0 Å². The highest BCUT2D eigenvalue weighted by Crippen LogP contribution is 2.29. The Kier molecular flexibility index (Phi) is 5.11. The summed E-state index contributed by atoms with van der Waals surface area (Å²) >= 11 is 0. The summed E-state index contributed by atoms with van der Waals surface area (Å²) in [7, 11) is 0. The Bertz CT molecular complexity index is 1080. The fourth-order valence-corrected chi connectivity index (χ4v) is 2.92. The van der Waals surface area contributed by atoms with Crippen molar-refractivity contribution in [1.29, 1.82) is 0 Å². The highest BCUT2D eigenvalue weighted by Gasteiger charge is 2.18. The average molecular weight is 389 g/mol. The number of pyridine rings is 1. The van der Waals surface area contributed by atoms with E-state index in [4.69, 9.17) is 9.47 Å². The van der Waals surface area contributed by atoms with Gasteiger partial charge in [0.05, 0.1) is 5.69 Å². The van der Waals surface area contributed by atoms with Gasteiger partial charge in [-0.2, -0.15) is 0 Å². The third-order valence-electron chi connectivity index (χ3n) is 4.47. The normalized spacial score (nSPS) is 12.4. The van der Waals surface area contributed by atoms with Crippen molar-refractivity contribution in [2.45, 2.75) is 13.5 Å². The van der Waals surface area contributed by atoms with Crippen LogP contribution in [0.3, 0.4) is 0 Å². The Labute approximate surface area is 167 Å². The number of rotatable bonds is 5. The van der Waals surface area contributed by atoms with Gasteiger partial charge in [-0.25, -0.2) is 4.98 Å². The van der Waals surface area contributed by atoms with E-state index in [0.717, 1.165) is 11.1 Å². The number of nitrogens with one attached hydrogen (secondary N) is 2. The zero-order valence-corrected chi connectivity index (χ0v) is 15.8. The fraction of sp³-hybridized carbons (Fsp3) is 0.136. The summed E-state index contributed by atoms with van der Waals surface area (Å²) in [6.45, 7) is 2.15. The maximum Gasteiger partial charge on any atom is 0.262 e. The van der Waals surface area contributed by atoms with Crippen molar-refractivity contribution in [3.8, 4) is 17.4 Å². The number of aryl methyl sites for hydroxylation is 1. The SMILES string of the molecule is Cc1ccccc1Oc1ncccc1CNC(=O)c1ccc2c(c1)OCC(=O)N2. The molecule has 4 rings (SSSR count). The lowest BCUT2D eigenvalue weighted by molar-refractivity contribution is -0.118. The summed E-state index contributed by atoms with van der Waals surface area (Å²) in [5, 5.41) is 5.57. The van der Waals surface area contributed by atoms with Crippen LogP contribution in [-0.2, 0) is 11.3 Å². The molecule has 0 spiro atoms. The summed E-state index contributed by atoms with van der Waals surface area (Å²) in [5.41, 5.74) is 2.74. The second kappa shape index (κ2) is 8.02. The minimum atomic E-state index is -0.265. The van der Waals surface area contributed by atoms with Gasteiger partial charge in [0, 0.05) is 23.9 Å². The molecule has 0 radical (unpaired) electrons. The number of ether oxygens (including phenoxy) is 2. The van der Waals surface area contributed by atoms with Gasteiger partial charge in [0.15, 0.2) is 6.61 Å². The molecule has 7 nitrogen and oxygen atoms in total. The number of carbonyl (C=O) groups is 2. The van der Waals surface area contributed by atoms with Crippen molar-refractivity contribution >= 4 is 17.5 Å². The minimum absolute atomic E-state index is 0.0621. The zero-order valence-electron chi connectivity index (χ0n) is 15.8. The Morgan fingerprint density at radius 1 is 1.21 bits per heavy atom. The lowest BCUT2D eigenvalue weighted by Crippen LogP contribution is -2.26. The van der Waals surface area contributed by atoms with Gasteiger partial charge in [0.2, 0.25) is 5.88 Å². The molecule has 2 N–H and O–H groups in total. The summed E-state index contributed by atoms with van der Waals surface area (Å²) in [4.78, 5) is 28.2. The Hall–Kier alpha value is -3.87. The molecule has 0 bridgehead atoms. The number of hydrogen-bond acceptors (Lipinski definition) is 5. The van der Waals surface area contributed by atoms with Crippen molar-refractivity contribution in [3.63, 3.8) is 0 Å². The molecule has 0 aliphatic carbocycles. The largest absolute Gasteiger partial charge is 0.482 e. The quantitative estimate of drug-likeness (QED) is 0.698. The molecule has 0 saturated carbocycles. The maximum absolute atomic E-state index is 12.6. The second-order valence-corrected chi connectivity index (χ2v) is 6.57. The topological polar surface area (TPSA) is 89.6 Å². The maximum atomic E-state index is 12.6. The van der Waals surface area contributed by atoms with Crippen molar-refractivity contribution in [2.24, 2.45) is 0 Å². The smallest absolute Gasteiger partial charge is 0.262 e. The molecule has 1 aromatic heterocycles. The first kappa shape index (κ1) is 18.5. The first-order valence-electron chi connectivity index (χ1n) is 9.12. The van der Waals surface area contributed by atoms with Crippen LogP contribution in [0, 0.1) is 6.92 Å². The van der Waals surface area contributed by atoms with Gasteiger partial charge in [-0.1, -0.05) is 24.3 Å². The predicted octanol–water partition coefficient (Wildman–Crippen LogP) is 3.44. The summed E-state index contributed by atoms with van der Waals surface area (Å²) < 4.78 is 11.3. The molecular weight excluding hydrogens is 370 g/mol. The van der Waals surface area contributed by atoms with Crippen LogP contribution in [0.15, 0.2) is 60.8 Å². The van der Waals surface area contributed by atoms with Crippen LogP contribution in [0.4, 0.5) is 5.69 Å². The number of para-hydroxylation sites is 1. The first-order chi connectivity index (χ1) is 14.1. The molecule has 1 aliphatic rings. The second-order valence-electron chi connectivity index (χ2n) is 6.57. The van der Waals surface area contributed by atoms with E-state index >= 15 is 0 Å². The van der Waals surface area contributed by atoms with E-state index in [-0.39, 0.29) is 25.0 Å². The molecule has 0 saturated heterocycles. The number of amides is 2. The lowest BCUT2D eigenvalue weighted by Gasteiger charge is -2.18. The molecule has 3 aromatic rings. The molecule has 0 atom stereocenters. The van der Waals surface area contributed by atoms with E-state index < -0.39 is 0 Å². The standard InChI is InChI=1S/C22H19N3O4/c1-14-5-2-3-7-18(14)29-22-16(6-4-10-23-22)12-24-21(27)15-8-9-17-19(11-15)28-13-20(26)25-17/h2-11H,12-13H2,1H3,(H,24,27)(H,25,26). The van der Waals surface area contributed by atoms with Crippen LogP contribution in [0.2, 0.25) is 0 Å². The third kappa shape index (κ3) is 4.19. The van der Waals surface area contributed by atoms with E-state index in [1.54, 1.807) is 30.5 Å². The molecule has 2 heterocycles. The van der Waals surface area contributed by atoms with Crippen molar-refractivity contribution in [3.05, 3.63) is 77.5 Å². The van der Waals surface area contributed by atoms with Crippen LogP contribution in [0.1, 0.15) is 21.5 Å². The Morgan fingerprint density at radius 3 is 2.93 bits per heavy atom. The highest BCUT2D eigenvalue weighted by atomic mass is 16.5. The van der Waals surface area contributed by atoms with Gasteiger partial charge in [-0.05, 0) is 42.8 Å². The number of nitrogens with zero attached hydrogens (tertiary/aromatic N) is 1.